The van der Waals surface area contributed by atoms with Crippen LogP contribution in [0.25, 0.3) is 0 Å². The fourth-order valence-electron chi connectivity index (χ4n) is 1.02. The number of hydrogen-bond acceptors (Lipinski definition) is 3. The molecule has 1 rings (SSSR count). The predicted molar refractivity (Wildman–Crippen MR) is 62.9 cm³/mol. The van der Waals surface area contributed by atoms with Gasteiger partial charge in [-0.1, -0.05) is 24.8 Å². The lowest BCUT2D eigenvalue weighted by Crippen LogP contribution is -2.11. The summed E-state index contributed by atoms with van der Waals surface area (Å²) in [4.78, 5) is 12.0. The molecule has 0 spiro atoms. The predicted octanol–water partition coefficient (Wildman–Crippen LogP) is 2.90. The van der Waals surface area contributed by atoms with E-state index in [2.05, 4.69) is 6.58 Å². The summed E-state index contributed by atoms with van der Waals surface area (Å²) in [6.07, 6.45) is 1.18. The van der Waals surface area contributed by atoms with Crippen LogP contribution in [0.4, 0.5) is 0 Å². The maximum absolute atomic E-state index is 10.8. The summed E-state index contributed by atoms with van der Waals surface area (Å²) in [5.41, 5.74) is 0. The molecule has 0 saturated carbocycles. The SMILES string of the molecule is C=CC(=O)OCC(C)Sc1ccccc1. The van der Waals surface area contributed by atoms with E-state index < -0.39 is 0 Å². The maximum Gasteiger partial charge on any atom is 0.330 e. The Bertz CT molecular complexity index is 322. The standard InChI is InChI=1S/C12H14O2S/c1-3-12(13)14-9-10(2)15-11-7-5-4-6-8-11/h3-8,10H,1,9H2,2H3. The molecule has 15 heavy (non-hydrogen) atoms. The highest BCUT2D eigenvalue weighted by Gasteiger charge is 2.06. The van der Waals surface area contributed by atoms with Gasteiger partial charge in [0.05, 0.1) is 0 Å². The summed E-state index contributed by atoms with van der Waals surface area (Å²) in [7, 11) is 0. The molecule has 80 valence electrons. The molecule has 1 aromatic rings. The van der Waals surface area contributed by atoms with Crippen molar-refractivity contribution in [1.82, 2.24) is 0 Å². The van der Waals surface area contributed by atoms with Crippen molar-refractivity contribution in [2.24, 2.45) is 0 Å². The topological polar surface area (TPSA) is 26.3 Å². The Morgan fingerprint density at radius 1 is 1.53 bits per heavy atom. The van der Waals surface area contributed by atoms with E-state index in [1.165, 1.54) is 11.0 Å². The van der Waals surface area contributed by atoms with Gasteiger partial charge in [-0.25, -0.2) is 4.79 Å². The average molecular weight is 222 g/mol. The van der Waals surface area contributed by atoms with E-state index >= 15 is 0 Å². The van der Waals surface area contributed by atoms with E-state index in [4.69, 9.17) is 4.74 Å². The zero-order valence-corrected chi connectivity index (χ0v) is 9.50. The van der Waals surface area contributed by atoms with Crippen molar-refractivity contribution >= 4 is 17.7 Å². The molecule has 0 aliphatic carbocycles. The van der Waals surface area contributed by atoms with Crippen LogP contribution in [0.5, 0.6) is 0 Å². The summed E-state index contributed by atoms with van der Waals surface area (Å²) in [5, 5.41) is 0.247. The highest BCUT2D eigenvalue weighted by molar-refractivity contribution is 8.00. The molecular weight excluding hydrogens is 208 g/mol. The molecule has 0 aliphatic rings. The van der Waals surface area contributed by atoms with Gasteiger partial charge in [-0.05, 0) is 19.1 Å². The Morgan fingerprint density at radius 3 is 2.80 bits per heavy atom. The van der Waals surface area contributed by atoms with Crippen molar-refractivity contribution in [1.29, 1.82) is 0 Å². The molecule has 1 unspecified atom stereocenters. The minimum Gasteiger partial charge on any atom is -0.461 e. The maximum atomic E-state index is 10.8. The second kappa shape index (κ2) is 6.30. The first-order chi connectivity index (χ1) is 7.22. The van der Waals surface area contributed by atoms with Crippen LogP contribution in [0.15, 0.2) is 47.9 Å². The Hall–Kier alpha value is -1.22. The minimum absolute atomic E-state index is 0.247. The van der Waals surface area contributed by atoms with Gasteiger partial charge in [-0.2, -0.15) is 0 Å². The van der Waals surface area contributed by atoms with Gasteiger partial charge in [-0.3, -0.25) is 0 Å². The second-order valence-electron chi connectivity index (χ2n) is 3.08. The molecule has 0 aliphatic heterocycles. The Balaban J connectivity index is 2.33. The van der Waals surface area contributed by atoms with Crippen LogP contribution in [-0.2, 0) is 9.53 Å². The molecule has 0 N–H and O–H groups in total. The Kier molecular flexibility index (Phi) is 4.98. The molecule has 0 radical (unpaired) electrons. The molecule has 1 atom stereocenters. The van der Waals surface area contributed by atoms with E-state index in [-0.39, 0.29) is 11.2 Å². The fourth-order valence-corrected chi connectivity index (χ4v) is 1.94. The van der Waals surface area contributed by atoms with E-state index in [1.807, 2.05) is 37.3 Å². The van der Waals surface area contributed by atoms with Crippen LogP contribution in [0.3, 0.4) is 0 Å². The van der Waals surface area contributed by atoms with Gasteiger partial charge >= 0.3 is 5.97 Å². The lowest BCUT2D eigenvalue weighted by Gasteiger charge is -2.10. The van der Waals surface area contributed by atoms with Crippen molar-refractivity contribution in [2.75, 3.05) is 6.61 Å². The first-order valence-electron chi connectivity index (χ1n) is 4.73. The Morgan fingerprint density at radius 2 is 2.20 bits per heavy atom. The summed E-state index contributed by atoms with van der Waals surface area (Å²) in [6, 6.07) is 10.0. The molecule has 0 amide bonds. The number of carbonyl (C=O) groups is 1. The van der Waals surface area contributed by atoms with Crippen molar-refractivity contribution in [3.8, 4) is 0 Å². The van der Waals surface area contributed by atoms with Crippen LogP contribution in [0, 0.1) is 0 Å². The second-order valence-corrected chi connectivity index (χ2v) is 4.59. The van der Waals surface area contributed by atoms with Gasteiger partial charge in [0.2, 0.25) is 0 Å². The highest BCUT2D eigenvalue weighted by atomic mass is 32.2. The van der Waals surface area contributed by atoms with Crippen molar-refractivity contribution in [3.05, 3.63) is 43.0 Å². The lowest BCUT2D eigenvalue weighted by atomic mass is 10.4. The van der Waals surface area contributed by atoms with Gasteiger partial charge < -0.3 is 4.74 Å². The number of ether oxygens (including phenoxy) is 1. The summed E-state index contributed by atoms with van der Waals surface area (Å²) in [6.45, 7) is 5.77. The van der Waals surface area contributed by atoms with Crippen LogP contribution in [-0.4, -0.2) is 17.8 Å². The van der Waals surface area contributed by atoms with Crippen LogP contribution < -0.4 is 0 Å². The summed E-state index contributed by atoms with van der Waals surface area (Å²) < 4.78 is 4.95. The number of thioether (sulfide) groups is 1. The summed E-state index contributed by atoms with van der Waals surface area (Å²) >= 11 is 1.68. The van der Waals surface area contributed by atoms with E-state index in [9.17, 15) is 4.79 Å². The number of hydrogen-bond donors (Lipinski definition) is 0. The summed E-state index contributed by atoms with van der Waals surface area (Å²) in [5.74, 6) is -0.365. The zero-order valence-electron chi connectivity index (χ0n) is 8.68. The van der Waals surface area contributed by atoms with Crippen molar-refractivity contribution in [3.63, 3.8) is 0 Å². The third-order valence-corrected chi connectivity index (χ3v) is 2.79. The number of rotatable bonds is 5. The van der Waals surface area contributed by atoms with Crippen molar-refractivity contribution < 1.29 is 9.53 Å². The quantitative estimate of drug-likeness (QED) is 0.435. The number of esters is 1. The zero-order chi connectivity index (χ0) is 11.1. The fraction of sp³-hybridized carbons (Fsp3) is 0.250. The molecule has 1 aromatic carbocycles. The smallest absolute Gasteiger partial charge is 0.330 e. The first-order valence-corrected chi connectivity index (χ1v) is 5.61. The third-order valence-electron chi connectivity index (χ3n) is 1.71. The molecule has 0 fully saturated rings. The van der Waals surface area contributed by atoms with Gasteiger partial charge in [0, 0.05) is 16.2 Å². The molecule has 3 heteroatoms. The lowest BCUT2D eigenvalue weighted by molar-refractivity contribution is -0.137. The van der Waals surface area contributed by atoms with E-state index in [0.29, 0.717) is 6.61 Å². The van der Waals surface area contributed by atoms with Crippen LogP contribution in [0.2, 0.25) is 0 Å². The largest absolute Gasteiger partial charge is 0.461 e. The van der Waals surface area contributed by atoms with Crippen LogP contribution >= 0.6 is 11.8 Å². The molecular formula is C12H14O2S. The van der Waals surface area contributed by atoms with Gasteiger partial charge in [-0.15, -0.1) is 11.8 Å². The minimum atomic E-state index is -0.365. The first kappa shape index (κ1) is 11.9. The Labute approximate surface area is 94.3 Å². The van der Waals surface area contributed by atoms with Crippen LogP contribution in [0.1, 0.15) is 6.92 Å². The average Bonchev–Trinajstić information content (AvgIpc) is 2.27. The molecule has 0 bridgehead atoms. The van der Waals surface area contributed by atoms with Gasteiger partial charge in [0.15, 0.2) is 0 Å². The monoisotopic (exact) mass is 222 g/mol. The van der Waals surface area contributed by atoms with E-state index in [1.54, 1.807) is 11.8 Å². The molecule has 0 heterocycles. The molecule has 0 saturated heterocycles. The third kappa shape index (κ3) is 4.70. The molecule has 0 aromatic heterocycles. The molecule has 2 nitrogen and oxygen atoms in total. The van der Waals surface area contributed by atoms with Gasteiger partial charge in [0.25, 0.3) is 0 Å². The number of benzene rings is 1. The van der Waals surface area contributed by atoms with Gasteiger partial charge in [0.1, 0.15) is 6.61 Å². The number of carbonyl (C=O) groups excluding carboxylic acids is 1. The highest BCUT2D eigenvalue weighted by Crippen LogP contribution is 2.22. The van der Waals surface area contributed by atoms with Crippen molar-refractivity contribution in [2.45, 2.75) is 17.1 Å². The van der Waals surface area contributed by atoms with E-state index in [0.717, 1.165) is 0 Å². The normalized spacial score (nSPS) is 11.8.